The van der Waals surface area contributed by atoms with E-state index in [1.807, 2.05) is 18.2 Å². The number of ether oxygens (including phenoxy) is 2. The molecule has 1 aromatic rings. The molecular weight excluding hydrogens is 272 g/mol. The molecule has 0 aliphatic carbocycles. The zero-order chi connectivity index (χ0) is 13.8. The van der Waals surface area contributed by atoms with Gasteiger partial charge in [-0.1, -0.05) is 18.7 Å². The van der Waals surface area contributed by atoms with Gasteiger partial charge in [0, 0.05) is 23.9 Å². The Morgan fingerprint density at radius 2 is 2.15 bits per heavy atom. The molecule has 0 amide bonds. The third-order valence-corrected chi connectivity index (χ3v) is 4.38. The Morgan fingerprint density at radius 3 is 3.00 bits per heavy atom. The van der Waals surface area contributed by atoms with E-state index in [9.17, 15) is 0 Å². The standard InChI is InChI=1S/C15H20N2O2S/c1-2-11-6-9-20-15(16-11)17-12-4-5-13-14(10-12)19-8-3-7-18-13/h4-5,10-11H,2-3,6-9H2,1H3,(H,16,17). The largest absolute Gasteiger partial charge is 0.490 e. The molecule has 1 unspecified atom stereocenters. The van der Waals surface area contributed by atoms with Crippen molar-refractivity contribution in [2.45, 2.75) is 32.2 Å². The Balaban J connectivity index is 1.74. The monoisotopic (exact) mass is 292 g/mol. The molecule has 1 atom stereocenters. The summed E-state index contributed by atoms with van der Waals surface area (Å²) < 4.78 is 11.3. The summed E-state index contributed by atoms with van der Waals surface area (Å²) in [4.78, 5) is 4.72. The third-order valence-electron chi connectivity index (χ3n) is 3.46. The first-order valence-corrected chi connectivity index (χ1v) is 8.21. The van der Waals surface area contributed by atoms with Crippen molar-refractivity contribution in [1.29, 1.82) is 0 Å². The lowest BCUT2D eigenvalue weighted by Crippen LogP contribution is -2.19. The predicted molar refractivity (Wildman–Crippen MR) is 84.3 cm³/mol. The van der Waals surface area contributed by atoms with E-state index in [1.54, 1.807) is 11.8 Å². The second-order valence-corrected chi connectivity index (χ2v) is 6.05. The van der Waals surface area contributed by atoms with Crippen molar-refractivity contribution in [3.05, 3.63) is 18.2 Å². The molecule has 2 heterocycles. The van der Waals surface area contributed by atoms with Crippen molar-refractivity contribution < 1.29 is 9.47 Å². The minimum atomic E-state index is 0.458. The number of thioether (sulfide) groups is 1. The first kappa shape index (κ1) is 13.6. The van der Waals surface area contributed by atoms with Gasteiger partial charge in [-0.05, 0) is 25.0 Å². The van der Waals surface area contributed by atoms with Crippen molar-refractivity contribution >= 4 is 22.6 Å². The topological polar surface area (TPSA) is 42.8 Å². The van der Waals surface area contributed by atoms with E-state index in [0.717, 1.165) is 47.6 Å². The van der Waals surface area contributed by atoms with E-state index in [2.05, 4.69) is 12.2 Å². The van der Waals surface area contributed by atoms with Crippen LogP contribution in [0.25, 0.3) is 0 Å². The zero-order valence-corrected chi connectivity index (χ0v) is 12.5. The van der Waals surface area contributed by atoms with Crippen LogP contribution in [0.5, 0.6) is 11.5 Å². The molecule has 108 valence electrons. The lowest BCUT2D eigenvalue weighted by atomic mass is 10.2. The molecule has 5 heteroatoms. The first-order chi connectivity index (χ1) is 9.85. The molecule has 0 spiro atoms. The molecule has 1 aromatic carbocycles. The molecule has 0 fully saturated rings. The van der Waals surface area contributed by atoms with E-state index in [4.69, 9.17) is 14.5 Å². The van der Waals surface area contributed by atoms with E-state index in [1.165, 1.54) is 6.42 Å². The highest BCUT2D eigenvalue weighted by atomic mass is 32.2. The smallest absolute Gasteiger partial charge is 0.163 e. The number of amidine groups is 1. The van der Waals surface area contributed by atoms with Gasteiger partial charge in [0.2, 0.25) is 0 Å². The van der Waals surface area contributed by atoms with Crippen molar-refractivity contribution in [3.8, 4) is 11.5 Å². The fraction of sp³-hybridized carbons (Fsp3) is 0.533. The van der Waals surface area contributed by atoms with Crippen LogP contribution in [0.3, 0.4) is 0 Å². The fourth-order valence-corrected chi connectivity index (χ4v) is 3.28. The van der Waals surface area contributed by atoms with Crippen molar-refractivity contribution in [2.24, 2.45) is 4.99 Å². The normalized spacial score (nSPS) is 21.9. The molecule has 20 heavy (non-hydrogen) atoms. The number of anilines is 1. The molecule has 2 aliphatic heterocycles. The highest BCUT2D eigenvalue weighted by molar-refractivity contribution is 8.14. The van der Waals surface area contributed by atoms with Gasteiger partial charge >= 0.3 is 0 Å². The Kier molecular flexibility index (Phi) is 4.35. The molecular formula is C15H20N2O2S. The van der Waals surface area contributed by atoms with Crippen molar-refractivity contribution in [1.82, 2.24) is 0 Å². The van der Waals surface area contributed by atoms with Crippen molar-refractivity contribution in [3.63, 3.8) is 0 Å². The molecule has 0 saturated carbocycles. The number of hydrogen-bond donors (Lipinski definition) is 1. The molecule has 2 aliphatic rings. The van der Waals surface area contributed by atoms with Crippen LogP contribution >= 0.6 is 11.8 Å². The number of benzene rings is 1. The summed E-state index contributed by atoms with van der Waals surface area (Å²) in [5.74, 6) is 2.79. The maximum atomic E-state index is 5.71. The summed E-state index contributed by atoms with van der Waals surface area (Å²) in [7, 11) is 0. The van der Waals surface area contributed by atoms with Crippen LogP contribution in [0.2, 0.25) is 0 Å². The highest BCUT2D eigenvalue weighted by Gasteiger charge is 2.15. The number of fused-ring (bicyclic) bond motifs is 1. The maximum Gasteiger partial charge on any atom is 0.163 e. The van der Waals surface area contributed by atoms with Crippen LogP contribution in [-0.2, 0) is 0 Å². The Hall–Kier alpha value is -1.36. The van der Waals surface area contributed by atoms with Gasteiger partial charge < -0.3 is 14.8 Å². The number of hydrogen-bond acceptors (Lipinski definition) is 5. The van der Waals surface area contributed by atoms with Crippen LogP contribution < -0.4 is 14.8 Å². The third kappa shape index (κ3) is 3.20. The van der Waals surface area contributed by atoms with Gasteiger partial charge in [-0.25, -0.2) is 0 Å². The average Bonchev–Trinajstić information content (AvgIpc) is 2.72. The SMILES string of the molecule is CCC1CCSC(Nc2ccc3c(c2)OCCCO3)=N1. The summed E-state index contributed by atoms with van der Waals surface area (Å²) in [6.07, 6.45) is 3.21. The van der Waals surface area contributed by atoms with E-state index >= 15 is 0 Å². The fourth-order valence-electron chi connectivity index (χ4n) is 2.29. The molecule has 3 rings (SSSR count). The molecule has 0 bridgehead atoms. The molecule has 0 aromatic heterocycles. The van der Waals surface area contributed by atoms with Crippen LogP contribution in [0.1, 0.15) is 26.2 Å². The quantitative estimate of drug-likeness (QED) is 0.905. The van der Waals surface area contributed by atoms with Gasteiger partial charge in [-0.15, -0.1) is 0 Å². The summed E-state index contributed by atoms with van der Waals surface area (Å²) >= 11 is 1.79. The van der Waals surface area contributed by atoms with Gasteiger partial charge in [-0.2, -0.15) is 0 Å². The molecule has 1 N–H and O–H groups in total. The first-order valence-electron chi connectivity index (χ1n) is 7.22. The Bertz CT molecular complexity index is 505. The van der Waals surface area contributed by atoms with Crippen molar-refractivity contribution in [2.75, 3.05) is 24.3 Å². The number of nitrogens with one attached hydrogen (secondary N) is 1. The van der Waals surface area contributed by atoms with Gasteiger partial charge in [0.05, 0.1) is 19.3 Å². The van der Waals surface area contributed by atoms with Gasteiger partial charge in [0.15, 0.2) is 16.7 Å². The van der Waals surface area contributed by atoms with E-state index in [0.29, 0.717) is 12.6 Å². The van der Waals surface area contributed by atoms with Crippen LogP contribution in [0.4, 0.5) is 5.69 Å². The predicted octanol–water partition coefficient (Wildman–Crippen LogP) is 3.53. The molecule has 0 saturated heterocycles. The van der Waals surface area contributed by atoms with Crippen LogP contribution in [0, 0.1) is 0 Å². The lowest BCUT2D eigenvalue weighted by Gasteiger charge is -2.20. The summed E-state index contributed by atoms with van der Waals surface area (Å²) in [6.45, 7) is 3.62. The average molecular weight is 292 g/mol. The van der Waals surface area contributed by atoms with Crippen LogP contribution in [-0.4, -0.2) is 30.2 Å². The number of nitrogens with zero attached hydrogens (tertiary/aromatic N) is 1. The van der Waals surface area contributed by atoms with Crippen LogP contribution in [0.15, 0.2) is 23.2 Å². The minimum absolute atomic E-state index is 0.458. The van der Waals surface area contributed by atoms with Gasteiger partial charge in [0.1, 0.15) is 0 Å². The summed E-state index contributed by atoms with van der Waals surface area (Å²) in [6, 6.07) is 6.44. The summed E-state index contributed by atoms with van der Waals surface area (Å²) in [5, 5.41) is 4.40. The Labute approximate surface area is 123 Å². The second-order valence-electron chi connectivity index (χ2n) is 4.97. The Morgan fingerprint density at radius 1 is 1.30 bits per heavy atom. The maximum absolute atomic E-state index is 5.71. The van der Waals surface area contributed by atoms with E-state index in [-0.39, 0.29) is 0 Å². The zero-order valence-electron chi connectivity index (χ0n) is 11.7. The second kappa shape index (κ2) is 6.39. The number of rotatable bonds is 2. The highest BCUT2D eigenvalue weighted by Crippen LogP contribution is 2.33. The number of aliphatic imine (C=N–C) groups is 1. The minimum Gasteiger partial charge on any atom is -0.490 e. The van der Waals surface area contributed by atoms with E-state index < -0.39 is 0 Å². The summed E-state index contributed by atoms with van der Waals surface area (Å²) in [5.41, 5.74) is 1.01. The van der Waals surface area contributed by atoms with Gasteiger partial charge in [0.25, 0.3) is 0 Å². The molecule has 4 nitrogen and oxygen atoms in total. The molecule has 0 radical (unpaired) electrons. The van der Waals surface area contributed by atoms with Gasteiger partial charge in [-0.3, -0.25) is 4.99 Å². The lowest BCUT2D eigenvalue weighted by molar-refractivity contribution is 0.297.